The Hall–Kier alpha value is -1.40. The molecule has 88 valence electrons. The highest BCUT2D eigenvalue weighted by atomic mass is 16.5. The number of hydrogen-bond donors (Lipinski definition) is 3. The lowest BCUT2D eigenvalue weighted by Crippen LogP contribution is -2.37. The second-order valence-electron chi connectivity index (χ2n) is 4.13. The summed E-state index contributed by atoms with van der Waals surface area (Å²) in [6.45, 7) is 3.21. The third-order valence-corrected chi connectivity index (χ3v) is 2.55. The number of anilines is 2. The number of nitrogens with zero attached hydrogens (tertiary/aromatic N) is 2. The highest BCUT2D eigenvalue weighted by molar-refractivity contribution is 5.40. The second kappa shape index (κ2) is 4.23. The van der Waals surface area contributed by atoms with Crippen LogP contribution in [0, 0.1) is 6.92 Å². The summed E-state index contributed by atoms with van der Waals surface area (Å²) in [6, 6.07) is 1.79. The zero-order valence-electron chi connectivity index (χ0n) is 9.23. The van der Waals surface area contributed by atoms with Crippen molar-refractivity contribution in [3.63, 3.8) is 0 Å². The Morgan fingerprint density at radius 2 is 2.44 bits per heavy atom. The number of nitrogens with one attached hydrogen (secondary N) is 1. The van der Waals surface area contributed by atoms with Crippen LogP contribution in [0.15, 0.2) is 6.07 Å². The lowest BCUT2D eigenvalue weighted by atomic mass is 10.0. The molecule has 0 radical (unpaired) electrons. The Kier molecular flexibility index (Phi) is 2.93. The molecule has 0 spiro atoms. The fourth-order valence-corrected chi connectivity index (χ4v) is 1.67. The van der Waals surface area contributed by atoms with Crippen LogP contribution in [-0.2, 0) is 4.74 Å². The fourth-order valence-electron chi connectivity index (χ4n) is 1.67. The predicted octanol–water partition coefficient (Wildman–Crippen LogP) is -0.0695. The van der Waals surface area contributed by atoms with Gasteiger partial charge < -0.3 is 20.9 Å². The van der Waals surface area contributed by atoms with Crippen LogP contribution in [0.1, 0.15) is 12.1 Å². The monoisotopic (exact) mass is 224 g/mol. The molecular formula is C10H16N4O2. The molecule has 1 unspecified atom stereocenters. The molecule has 0 bridgehead atoms. The first-order chi connectivity index (χ1) is 7.57. The molecule has 0 saturated carbocycles. The molecule has 1 fully saturated rings. The summed E-state index contributed by atoms with van der Waals surface area (Å²) in [5.74, 6) is 0.863. The van der Waals surface area contributed by atoms with Gasteiger partial charge >= 0.3 is 0 Å². The first-order valence-electron chi connectivity index (χ1n) is 5.23. The lowest BCUT2D eigenvalue weighted by Gasteiger charge is -2.21. The summed E-state index contributed by atoms with van der Waals surface area (Å²) in [5, 5.41) is 13.1. The number of rotatable bonds is 3. The molecular weight excluding hydrogens is 208 g/mol. The molecule has 1 aromatic heterocycles. The van der Waals surface area contributed by atoms with Crippen molar-refractivity contribution < 1.29 is 9.84 Å². The number of aryl methyl sites for hydroxylation is 1. The zero-order valence-corrected chi connectivity index (χ0v) is 9.23. The van der Waals surface area contributed by atoms with Crippen molar-refractivity contribution in [1.82, 2.24) is 9.97 Å². The number of ether oxygens (including phenoxy) is 1. The Bertz CT molecular complexity index is 357. The standard InChI is InChI=1S/C10H16N4O2/c1-7-4-8(14-9(11)13-7)12-5-10(15)2-3-16-6-10/h4,15H,2-3,5-6H2,1H3,(H3,11,12,13,14). The van der Waals surface area contributed by atoms with Crippen LogP contribution in [0.3, 0.4) is 0 Å². The van der Waals surface area contributed by atoms with Gasteiger partial charge in [0.05, 0.1) is 6.61 Å². The maximum atomic E-state index is 10.0. The molecule has 1 aromatic rings. The SMILES string of the molecule is Cc1cc(NCC2(O)CCOC2)nc(N)n1. The number of hydrogen-bond acceptors (Lipinski definition) is 6. The van der Waals surface area contributed by atoms with Gasteiger partial charge in [-0.2, -0.15) is 4.98 Å². The summed E-state index contributed by atoms with van der Waals surface area (Å²) < 4.78 is 5.15. The summed E-state index contributed by atoms with van der Waals surface area (Å²) >= 11 is 0. The molecule has 2 heterocycles. The third-order valence-electron chi connectivity index (χ3n) is 2.55. The van der Waals surface area contributed by atoms with Crippen molar-refractivity contribution in [2.75, 3.05) is 30.8 Å². The zero-order chi connectivity index (χ0) is 11.6. The largest absolute Gasteiger partial charge is 0.386 e. The first-order valence-corrected chi connectivity index (χ1v) is 5.23. The van der Waals surface area contributed by atoms with Crippen LogP contribution in [-0.4, -0.2) is 40.4 Å². The summed E-state index contributed by atoms with van der Waals surface area (Å²) in [6.07, 6.45) is 0.638. The van der Waals surface area contributed by atoms with Gasteiger partial charge in [0.2, 0.25) is 5.95 Å². The van der Waals surface area contributed by atoms with Crippen LogP contribution >= 0.6 is 0 Å². The van der Waals surface area contributed by atoms with E-state index in [4.69, 9.17) is 10.5 Å². The Morgan fingerprint density at radius 3 is 3.06 bits per heavy atom. The molecule has 6 nitrogen and oxygen atoms in total. The molecule has 16 heavy (non-hydrogen) atoms. The Labute approximate surface area is 93.9 Å². The smallest absolute Gasteiger partial charge is 0.222 e. The number of nitrogens with two attached hydrogens (primary N) is 1. The van der Waals surface area contributed by atoms with Gasteiger partial charge in [-0.05, 0) is 6.92 Å². The predicted molar refractivity (Wildman–Crippen MR) is 60.1 cm³/mol. The molecule has 0 amide bonds. The van der Waals surface area contributed by atoms with Gasteiger partial charge in [-0.3, -0.25) is 0 Å². The Morgan fingerprint density at radius 1 is 1.62 bits per heavy atom. The van der Waals surface area contributed by atoms with Gasteiger partial charge in [-0.25, -0.2) is 4.98 Å². The number of aliphatic hydroxyl groups is 1. The van der Waals surface area contributed by atoms with Crippen molar-refractivity contribution in [1.29, 1.82) is 0 Å². The highest BCUT2D eigenvalue weighted by Gasteiger charge is 2.31. The van der Waals surface area contributed by atoms with Crippen molar-refractivity contribution in [2.24, 2.45) is 0 Å². The molecule has 1 atom stereocenters. The molecule has 4 N–H and O–H groups in total. The first kappa shape index (κ1) is 11.1. The molecule has 0 aliphatic carbocycles. The second-order valence-corrected chi connectivity index (χ2v) is 4.13. The third kappa shape index (κ3) is 2.59. The van der Waals surface area contributed by atoms with E-state index < -0.39 is 5.60 Å². The maximum absolute atomic E-state index is 10.0. The van der Waals surface area contributed by atoms with Crippen LogP contribution < -0.4 is 11.1 Å². The Balaban J connectivity index is 1.98. The van der Waals surface area contributed by atoms with Gasteiger partial charge in [0.25, 0.3) is 0 Å². The van der Waals surface area contributed by atoms with Crippen molar-refractivity contribution in [3.8, 4) is 0 Å². The quantitative estimate of drug-likeness (QED) is 0.665. The molecule has 1 aliphatic heterocycles. The van der Waals surface area contributed by atoms with Crippen LogP contribution in [0.25, 0.3) is 0 Å². The number of aromatic nitrogens is 2. The average Bonchev–Trinajstić information content (AvgIpc) is 2.62. The molecule has 0 aromatic carbocycles. The van der Waals surface area contributed by atoms with E-state index in [-0.39, 0.29) is 5.95 Å². The summed E-state index contributed by atoms with van der Waals surface area (Å²) in [7, 11) is 0. The van der Waals surface area contributed by atoms with E-state index in [1.165, 1.54) is 0 Å². The van der Waals surface area contributed by atoms with Gasteiger partial charge in [0.15, 0.2) is 0 Å². The van der Waals surface area contributed by atoms with Crippen LogP contribution in [0.5, 0.6) is 0 Å². The summed E-state index contributed by atoms with van der Waals surface area (Å²) in [5.41, 5.74) is 5.52. The fraction of sp³-hybridized carbons (Fsp3) is 0.600. The van der Waals surface area contributed by atoms with Crippen LogP contribution in [0.4, 0.5) is 11.8 Å². The van der Waals surface area contributed by atoms with E-state index in [0.29, 0.717) is 32.0 Å². The van der Waals surface area contributed by atoms with Gasteiger partial charge in [0.1, 0.15) is 11.4 Å². The van der Waals surface area contributed by atoms with Crippen molar-refractivity contribution in [3.05, 3.63) is 11.8 Å². The van der Waals surface area contributed by atoms with E-state index >= 15 is 0 Å². The molecule has 2 rings (SSSR count). The average molecular weight is 224 g/mol. The maximum Gasteiger partial charge on any atom is 0.222 e. The minimum absolute atomic E-state index is 0.233. The van der Waals surface area contributed by atoms with Gasteiger partial charge in [-0.1, -0.05) is 0 Å². The van der Waals surface area contributed by atoms with Crippen molar-refractivity contribution >= 4 is 11.8 Å². The number of nitrogen functional groups attached to an aromatic ring is 1. The highest BCUT2D eigenvalue weighted by Crippen LogP contribution is 2.19. The van der Waals surface area contributed by atoms with E-state index in [9.17, 15) is 5.11 Å². The van der Waals surface area contributed by atoms with Gasteiger partial charge in [0, 0.05) is 31.3 Å². The molecule has 1 aliphatic rings. The van der Waals surface area contributed by atoms with E-state index in [1.807, 2.05) is 6.92 Å². The van der Waals surface area contributed by atoms with E-state index in [0.717, 1.165) is 5.69 Å². The van der Waals surface area contributed by atoms with Crippen LogP contribution in [0.2, 0.25) is 0 Å². The van der Waals surface area contributed by atoms with Gasteiger partial charge in [-0.15, -0.1) is 0 Å². The van der Waals surface area contributed by atoms with Crippen molar-refractivity contribution in [2.45, 2.75) is 18.9 Å². The molecule has 6 heteroatoms. The minimum Gasteiger partial charge on any atom is -0.386 e. The molecule has 1 saturated heterocycles. The van der Waals surface area contributed by atoms with E-state index in [1.54, 1.807) is 6.07 Å². The topological polar surface area (TPSA) is 93.3 Å². The summed E-state index contributed by atoms with van der Waals surface area (Å²) in [4.78, 5) is 8.00. The van der Waals surface area contributed by atoms with E-state index in [2.05, 4.69) is 15.3 Å². The lowest BCUT2D eigenvalue weighted by molar-refractivity contribution is 0.0381. The normalized spacial score (nSPS) is 24.6. The minimum atomic E-state index is -0.798.